The fourth-order valence-corrected chi connectivity index (χ4v) is 15.9. The molecule has 0 aliphatic carbocycles. The molecule has 2 aliphatic rings. The van der Waals surface area contributed by atoms with E-state index in [1.54, 1.807) is 0 Å². The summed E-state index contributed by atoms with van der Waals surface area (Å²) in [7, 11) is -2.61. The van der Waals surface area contributed by atoms with E-state index in [9.17, 15) is 0 Å². The maximum atomic E-state index is 2.76. The number of thiophene rings is 2. The van der Waals surface area contributed by atoms with Gasteiger partial charge in [0.1, 0.15) is 0 Å². The second-order valence-electron chi connectivity index (χ2n) is 13.6. The zero-order chi connectivity index (χ0) is 32.8. The van der Waals surface area contributed by atoms with Crippen LogP contribution in [-0.4, -0.2) is 14.8 Å². The van der Waals surface area contributed by atoms with E-state index in [0.29, 0.717) is 0 Å². The smallest absolute Gasteiger partial charge is 0.135 e. The van der Waals surface area contributed by atoms with Crippen molar-refractivity contribution in [3.63, 3.8) is 0 Å². The Kier molecular flexibility index (Phi) is 6.21. The van der Waals surface area contributed by atoms with Crippen molar-refractivity contribution in [2.24, 2.45) is 0 Å². The summed E-state index contributed by atoms with van der Waals surface area (Å²) in [6.45, 7) is 0.199. The molecule has 0 nitrogen and oxygen atoms in total. The van der Waals surface area contributed by atoms with Gasteiger partial charge in [0.25, 0.3) is 0 Å². The van der Waals surface area contributed by atoms with Crippen LogP contribution in [0.5, 0.6) is 0 Å². The highest BCUT2D eigenvalue weighted by Crippen LogP contribution is 2.48. The molecule has 2 aromatic heterocycles. The lowest BCUT2D eigenvalue weighted by Crippen LogP contribution is -2.77. The van der Waals surface area contributed by atoms with E-state index in [1.807, 2.05) is 22.7 Å². The Bertz CT molecular complexity index is 2710. The van der Waals surface area contributed by atoms with Crippen molar-refractivity contribution in [1.29, 1.82) is 0 Å². The molecule has 0 atom stereocenters. The Morgan fingerprint density at radius 1 is 0.380 bits per heavy atom. The van der Waals surface area contributed by atoms with E-state index < -0.39 is 8.07 Å². The third-order valence-electron chi connectivity index (χ3n) is 11.0. The molecule has 0 bridgehead atoms. The van der Waals surface area contributed by atoms with Gasteiger partial charge in [0, 0.05) is 40.3 Å². The minimum atomic E-state index is -2.61. The van der Waals surface area contributed by atoms with Crippen molar-refractivity contribution in [1.82, 2.24) is 0 Å². The van der Waals surface area contributed by atoms with E-state index >= 15 is 0 Å². The first-order chi connectivity index (χ1) is 24.8. The molecule has 0 N–H and O–H groups in total. The number of hydrogen-bond donors (Lipinski definition) is 0. The molecule has 50 heavy (non-hydrogen) atoms. The zero-order valence-corrected chi connectivity index (χ0v) is 29.8. The minimum absolute atomic E-state index is 0.199. The molecule has 2 aliphatic heterocycles. The van der Waals surface area contributed by atoms with Gasteiger partial charge in [-0.2, -0.15) is 0 Å². The van der Waals surface area contributed by atoms with Gasteiger partial charge in [-0.05, 0) is 46.5 Å². The van der Waals surface area contributed by atoms with Crippen molar-refractivity contribution < 1.29 is 0 Å². The van der Waals surface area contributed by atoms with Crippen molar-refractivity contribution >= 4 is 116 Å². The number of hydrogen-bond acceptors (Lipinski definition) is 2. The molecule has 4 heteroatoms. The largest absolute Gasteiger partial charge is 0.240 e. The summed E-state index contributed by atoms with van der Waals surface area (Å²) in [6.07, 6.45) is 0. The van der Waals surface area contributed by atoms with Crippen LogP contribution in [0.3, 0.4) is 0 Å². The topological polar surface area (TPSA) is 0 Å². The highest BCUT2D eigenvalue weighted by atomic mass is 32.1. The van der Waals surface area contributed by atoms with Gasteiger partial charge in [0.2, 0.25) is 6.71 Å². The fourth-order valence-electron chi connectivity index (χ4n) is 8.98. The van der Waals surface area contributed by atoms with E-state index in [0.717, 1.165) is 0 Å². The molecule has 0 radical (unpaired) electrons. The summed E-state index contributed by atoms with van der Waals surface area (Å²) in [5, 5.41) is 8.45. The molecule has 0 saturated heterocycles. The van der Waals surface area contributed by atoms with E-state index in [2.05, 4.69) is 175 Å². The summed E-state index contributed by atoms with van der Waals surface area (Å²) in [6, 6.07) is 61.6. The monoisotopic (exact) mass is 684 g/mol. The van der Waals surface area contributed by atoms with Crippen LogP contribution in [0.1, 0.15) is 11.1 Å². The molecule has 11 rings (SSSR count). The summed E-state index contributed by atoms with van der Waals surface area (Å²) >= 11 is 3.81. The minimum Gasteiger partial charge on any atom is -0.135 e. The molecule has 4 heterocycles. The number of allylic oxidation sites excluding steroid dienone is 2. The molecule has 232 valence electrons. The average Bonchev–Trinajstić information content (AvgIpc) is 3.88. The summed E-state index contributed by atoms with van der Waals surface area (Å²) < 4.78 is 5.38. The van der Waals surface area contributed by atoms with Crippen LogP contribution in [0.4, 0.5) is 0 Å². The highest BCUT2D eigenvalue weighted by molar-refractivity contribution is 7.26. The van der Waals surface area contributed by atoms with E-state index in [4.69, 9.17) is 0 Å². The Morgan fingerprint density at radius 3 is 1.36 bits per heavy atom. The second kappa shape index (κ2) is 10.9. The summed E-state index contributed by atoms with van der Waals surface area (Å²) in [5.41, 5.74) is 15.2. The molecule has 0 fully saturated rings. The standard InChI is InChI=1S/C46H29BS2Si/c1-2-14-30(15-3-1)47-37-20-6-10-26-43(37)50(44-27-11-7-21-38(44)47)28-35(31-18-12-24-41-45(31)33-16-4-8-22-39(33)48-41)36(29-50)32-19-13-25-42-46(32)34-17-5-9-23-40(34)49-42/h1-29H. The normalized spacial score (nSPS) is 14.8. The number of rotatable bonds is 3. The maximum absolute atomic E-state index is 2.76. The molecular formula is C46H29BS2Si. The third kappa shape index (κ3) is 3.98. The first-order valence-electron chi connectivity index (χ1n) is 17.3. The quantitative estimate of drug-likeness (QED) is 0.163. The van der Waals surface area contributed by atoms with E-state index in [1.165, 1.54) is 89.4 Å². The van der Waals surface area contributed by atoms with Crippen LogP contribution in [0.25, 0.3) is 51.5 Å². The highest BCUT2D eigenvalue weighted by Gasteiger charge is 2.48. The van der Waals surface area contributed by atoms with Gasteiger partial charge in [0.05, 0.1) is 0 Å². The first kappa shape index (κ1) is 28.6. The lowest BCUT2D eigenvalue weighted by molar-refractivity contribution is 1.71. The lowest BCUT2D eigenvalue weighted by Gasteiger charge is -2.37. The van der Waals surface area contributed by atoms with Crippen molar-refractivity contribution in [2.75, 3.05) is 0 Å². The van der Waals surface area contributed by atoms with Crippen molar-refractivity contribution in [3.05, 3.63) is 186 Å². The summed E-state index contributed by atoms with van der Waals surface area (Å²) in [5.74, 6) is 0. The van der Waals surface area contributed by atoms with Gasteiger partial charge >= 0.3 is 0 Å². The van der Waals surface area contributed by atoms with Gasteiger partial charge in [-0.15, -0.1) is 22.7 Å². The molecule has 0 unspecified atom stereocenters. The van der Waals surface area contributed by atoms with Crippen LogP contribution < -0.4 is 26.8 Å². The molecule has 0 amide bonds. The predicted molar refractivity (Wildman–Crippen MR) is 224 cm³/mol. The van der Waals surface area contributed by atoms with Crippen molar-refractivity contribution in [2.45, 2.75) is 0 Å². The maximum Gasteiger partial charge on any atom is 0.240 e. The Labute approximate surface area is 300 Å². The second-order valence-corrected chi connectivity index (χ2v) is 19.1. The van der Waals surface area contributed by atoms with Crippen LogP contribution in [0, 0.1) is 0 Å². The van der Waals surface area contributed by atoms with Gasteiger partial charge < -0.3 is 0 Å². The average molecular weight is 685 g/mol. The van der Waals surface area contributed by atoms with Crippen LogP contribution in [0.15, 0.2) is 175 Å². The Balaban J connectivity index is 1.28. The zero-order valence-electron chi connectivity index (χ0n) is 27.1. The molecule has 0 saturated carbocycles. The van der Waals surface area contributed by atoms with Crippen LogP contribution in [0.2, 0.25) is 0 Å². The number of benzene rings is 7. The lowest BCUT2D eigenvalue weighted by atomic mass is 9.36. The first-order valence-corrected chi connectivity index (χ1v) is 21.1. The van der Waals surface area contributed by atoms with Gasteiger partial charge in [0.15, 0.2) is 8.07 Å². The predicted octanol–water partition coefficient (Wildman–Crippen LogP) is 9.07. The summed E-state index contributed by atoms with van der Waals surface area (Å²) in [4.78, 5) is 0. The van der Waals surface area contributed by atoms with Crippen LogP contribution >= 0.6 is 22.7 Å². The number of fused-ring (bicyclic) bond motifs is 10. The van der Waals surface area contributed by atoms with E-state index in [-0.39, 0.29) is 6.71 Å². The Morgan fingerprint density at radius 2 is 0.820 bits per heavy atom. The van der Waals surface area contributed by atoms with Crippen molar-refractivity contribution in [3.8, 4) is 0 Å². The van der Waals surface area contributed by atoms with Gasteiger partial charge in [-0.3, -0.25) is 0 Å². The van der Waals surface area contributed by atoms with Gasteiger partial charge in [-0.1, -0.05) is 178 Å². The Hall–Kier alpha value is -5.26. The fraction of sp³-hybridized carbons (Fsp3) is 0. The molecule has 1 spiro atoms. The third-order valence-corrected chi connectivity index (χ3v) is 17.4. The van der Waals surface area contributed by atoms with Crippen LogP contribution in [-0.2, 0) is 0 Å². The molecular weight excluding hydrogens is 656 g/mol. The molecule has 7 aromatic carbocycles. The SMILES string of the molecule is C1=C(c2cccc3sc4ccccc4c23)C(c2cccc3sc4ccccc4c23)=C[Si]12c1ccccc1B(c1ccccc1)c1ccccc12. The van der Waals surface area contributed by atoms with Gasteiger partial charge in [-0.25, -0.2) is 0 Å². The molecule has 9 aromatic rings.